The van der Waals surface area contributed by atoms with E-state index < -0.39 is 22.6 Å². The monoisotopic (exact) mass is 480 g/mol. The van der Waals surface area contributed by atoms with Gasteiger partial charge in [-0.05, 0) is 56.0 Å². The zero-order valence-corrected chi connectivity index (χ0v) is 19.4. The minimum absolute atomic E-state index is 0.000458. The zero-order valence-electron chi connectivity index (χ0n) is 19.4. The first-order valence-corrected chi connectivity index (χ1v) is 11.4. The Morgan fingerprint density at radius 3 is 2.74 bits per heavy atom. The number of allylic oxidation sites excluding steroid dienone is 3. The predicted octanol–water partition coefficient (Wildman–Crippen LogP) is 4.84. The minimum atomic E-state index is -0.797. The van der Waals surface area contributed by atoms with E-state index in [1.165, 1.54) is 30.3 Å². The molecule has 0 saturated carbocycles. The number of carbonyl (C=O) groups excluding carboxylic acids is 2. The van der Waals surface area contributed by atoms with Gasteiger partial charge in [0.15, 0.2) is 11.5 Å². The van der Waals surface area contributed by atoms with Crippen molar-refractivity contribution in [3.63, 3.8) is 0 Å². The number of carbonyl (C=O) groups is 2. The van der Waals surface area contributed by atoms with Crippen LogP contribution in [0.25, 0.3) is 0 Å². The quantitative estimate of drug-likeness (QED) is 0.343. The molecule has 1 aliphatic carbocycles. The van der Waals surface area contributed by atoms with Crippen LogP contribution in [0.5, 0.6) is 5.75 Å². The van der Waals surface area contributed by atoms with E-state index in [1.807, 2.05) is 0 Å². The number of ketones is 1. The Labute approximate surface area is 201 Å². The van der Waals surface area contributed by atoms with Gasteiger partial charge in [-0.1, -0.05) is 18.2 Å². The average molecular weight is 480 g/mol. The van der Waals surface area contributed by atoms with E-state index in [0.717, 1.165) is 5.70 Å². The van der Waals surface area contributed by atoms with E-state index in [2.05, 4.69) is 5.32 Å². The van der Waals surface area contributed by atoms with Crippen molar-refractivity contribution in [2.75, 3.05) is 6.61 Å². The number of nitrogens with one attached hydrogen (secondary N) is 1. The molecular weight excluding hydrogens is 455 g/mol. The first-order valence-electron chi connectivity index (χ1n) is 11.4. The fraction of sp³-hybridized carbons (Fsp3) is 0.308. The van der Waals surface area contributed by atoms with E-state index >= 15 is 0 Å². The molecule has 1 atom stereocenters. The molecule has 35 heavy (non-hydrogen) atoms. The fourth-order valence-corrected chi connectivity index (χ4v) is 4.56. The molecule has 182 valence electrons. The van der Waals surface area contributed by atoms with Crippen molar-refractivity contribution >= 4 is 17.4 Å². The Morgan fingerprint density at radius 2 is 2.03 bits per heavy atom. The Bertz CT molecular complexity index is 1270. The lowest BCUT2D eigenvalue weighted by Crippen LogP contribution is -2.34. The van der Waals surface area contributed by atoms with E-state index in [1.54, 1.807) is 26.0 Å². The van der Waals surface area contributed by atoms with Gasteiger partial charge in [0.1, 0.15) is 12.4 Å². The van der Waals surface area contributed by atoms with Crippen LogP contribution in [0.3, 0.4) is 0 Å². The normalized spacial score (nSPS) is 17.6. The van der Waals surface area contributed by atoms with Crippen molar-refractivity contribution in [3.05, 3.63) is 92.1 Å². The highest BCUT2D eigenvalue weighted by molar-refractivity contribution is 6.03. The summed E-state index contributed by atoms with van der Waals surface area (Å²) in [6, 6.07) is 10.2. The van der Waals surface area contributed by atoms with E-state index in [9.17, 15) is 24.1 Å². The highest BCUT2D eigenvalue weighted by Gasteiger charge is 2.39. The number of halogens is 1. The van der Waals surface area contributed by atoms with Gasteiger partial charge in [0, 0.05) is 35.4 Å². The number of ether oxygens (including phenoxy) is 2. The summed E-state index contributed by atoms with van der Waals surface area (Å²) < 4.78 is 24.4. The minimum Gasteiger partial charge on any atom is -0.482 e. The summed E-state index contributed by atoms with van der Waals surface area (Å²) >= 11 is 0. The number of hydrogen-bond acceptors (Lipinski definition) is 7. The molecule has 4 rings (SSSR count). The van der Waals surface area contributed by atoms with Crippen molar-refractivity contribution in [2.24, 2.45) is 0 Å². The van der Waals surface area contributed by atoms with Gasteiger partial charge in [0.25, 0.3) is 0 Å². The van der Waals surface area contributed by atoms with Crippen LogP contribution >= 0.6 is 0 Å². The predicted molar refractivity (Wildman–Crippen MR) is 125 cm³/mol. The van der Waals surface area contributed by atoms with Crippen molar-refractivity contribution in [1.82, 2.24) is 5.32 Å². The van der Waals surface area contributed by atoms with Crippen LogP contribution in [0.1, 0.15) is 50.2 Å². The fourth-order valence-electron chi connectivity index (χ4n) is 4.56. The Hall–Kier alpha value is -4.01. The molecule has 2 aromatic carbocycles. The van der Waals surface area contributed by atoms with Crippen LogP contribution in [0.4, 0.5) is 10.1 Å². The first kappa shape index (κ1) is 24.1. The second kappa shape index (κ2) is 10.1. The molecule has 2 aliphatic rings. The topological polar surface area (TPSA) is 108 Å². The van der Waals surface area contributed by atoms with Gasteiger partial charge in [0.05, 0.1) is 17.1 Å². The van der Waals surface area contributed by atoms with Gasteiger partial charge in [-0.2, -0.15) is 0 Å². The smallest absolute Gasteiger partial charge is 0.336 e. The van der Waals surface area contributed by atoms with Crippen LogP contribution in [0.2, 0.25) is 0 Å². The molecule has 0 saturated heterocycles. The van der Waals surface area contributed by atoms with E-state index in [4.69, 9.17) is 9.47 Å². The van der Waals surface area contributed by atoms with Crippen LogP contribution in [-0.2, 0) is 20.9 Å². The molecule has 0 spiro atoms. The maximum absolute atomic E-state index is 13.5. The lowest BCUT2D eigenvalue weighted by molar-refractivity contribution is -0.386. The number of Topliss-reactive ketones (excluding diaryl/α,β-unsaturated/α-hetero) is 1. The summed E-state index contributed by atoms with van der Waals surface area (Å²) in [5, 5.41) is 15.1. The Kier molecular flexibility index (Phi) is 6.95. The molecule has 0 radical (unpaired) electrons. The van der Waals surface area contributed by atoms with Gasteiger partial charge < -0.3 is 14.8 Å². The summed E-state index contributed by atoms with van der Waals surface area (Å²) in [5.41, 5.74) is 2.59. The first-order chi connectivity index (χ1) is 16.8. The summed E-state index contributed by atoms with van der Waals surface area (Å²) in [5.74, 6) is -1.92. The third-order valence-electron chi connectivity index (χ3n) is 6.07. The molecule has 0 fully saturated rings. The summed E-state index contributed by atoms with van der Waals surface area (Å²) in [6.07, 6.45) is 1.66. The van der Waals surface area contributed by atoms with E-state index in [-0.39, 0.29) is 36.0 Å². The molecule has 1 unspecified atom stereocenters. The molecule has 1 aliphatic heterocycles. The van der Waals surface area contributed by atoms with Gasteiger partial charge >= 0.3 is 11.7 Å². The van der Waals surface area contributed by atoms with Gasteiger partial charge in [-0.15, -0.1) is 0 Å². The van der Waals surface area contributed by atoms with E-state index in [0.29, 0.717) is 41.7 Å². The Balaban J connectivity index is 1.76. The number of esters is 1. The molecular formula is C26H25FN2O6. The zero-order chi connectivity index (χ0) is 25.1. The van der Waals surface area contributed by atoms with Crippen LogP contribution in [0, 0.1) is 15.9 Å². The SMILES string of the molecule is CCOC(=O)C1=C(C)NC2=C(C(=O)CCC2)C1c1ccc(OCc2cccc(F)c2)c([N+](=O)[O-])c1. The second-order valence-corrected chi connectivity index (χ2v) is 8.39. The van der Waals surface area contributed by atoms with Gasteiger partial charge in [0.2, 0.25) is 0 Å². The third kappa shape index (κ3) is 4.94. The van der Waals surface area contributed by atoms with Crippen LogP contribution in [0.15, 0.2) is 65.0 Å². The molecule has 0 aromatic heterocycles. The molecule has 9 heteroatoms. The number of dihydropyridines is 1. The maximum Gasteiger partial charge on any atom is 0.336 e. The molecule has 0 amide bonds. The lowest BCUT2D eigenvalue weighted by atomic mass is 9.75. The summed E-state index contributed by atoms with van der Waals surface area (Å²) in [4.78, 5) is 37.2. The van der Waals surface area contributed by atoms with Gasteiger partial charge in [-0.25, -0.2) is 9.18 Å². The molecule has 1 N–H and O–H groups in total. The number of nitro groups is 1. The molecule has 2 aromatic rings. The lowest BCUT2D eigenvalue weighted by Gasteiger charge is -2.34. The Morgan fingerprint density at radius 1 is 1.23 bits per heavy atom. The summed E-state index contributed by atoms with van der Waals surface area (Å²) in [7, 11) is 0. The number of nitrogens with zero attached hydrogens (tertiary/aromatic N) is 1. The number of hydrogen-bond donors (Lipinski definition) is 1. The summed E-state index contributed by atoms with van der Waals surface area (Å²) in [6.45, 7) is 3.50. The molecule has 1 heterocycles. The average Bonchev–Trinajstić information content (AvgIpc) is 2.82. The standard InChI is InChI=1S/C26H25FN2O6/c1-3-34-26(31)23-15(2)28-19-8-5-9-21(30)25(19)24(23)17-10-11-22(20(13-17)29(32)33)35-14-16-6-4-7-18(27)12-16/h4,6-7,10-13,24,28H,3,5,8-9,14H2,1-2H3. The highest BCUT2D eigenvalue weighted by Crippen LogP contribution is 2.44. The number of nitro benzene ring substituents is 1. The van der Waals surface area contributed by atoms with Gasteiger partial charge in [-0.3, -0.25) is 14.9 Å². The largest absolute Gasteiger partial charge is 0.482 e. The van der Waals surface area contributed by atoms with Crippen LogP contribution < -0.4 is 10.1 Å². The second-order valence-electron chi connectivity index (χ2n) is 8.39. The highest BCUT2D eigenvalue weighted by atomic mass is 19.1. The number of rotatable bonds is 7. The third-order valence-corrected chi connectivity index (χ3v) is 6.07. The van der Waals surface area contributed by atoms with Crippen molar-refractivity contribution in [3.8, 4) is 5.75 Å². The molecule has 0 bridgehead atoms. The van der Waals surface area contributed by atoms with Crippen molar-refractivity contribution < 1.29 is 28.4 Å². The van der Waals surface area contributed by atoms with Crippen LogP contribution in [-0.4, -0.2) is 23.3 Å². The van der Waals surface area contributed by atoms with Crippen molar-refractivity contribution in [2.45, 2.75) is 45.6 Å². The maximum atomic E-state index is 13.5. The van der Waals surface area contributed by atoms with Crippen molar-refractivity contribution in [1.29, 1.82) is 0 Å². The molecule has 8 nitrogen and oxygen atoms in total. The number of benzene rings is 2.